The molecule has 2 aromatic heterocycles. The van der Waals surface area contributed by atoms with Gasteiger partial charge in [0.1, 0.15) is 11.5 Å². The van der Waals surface area contributed by atoms with E-state index in [2.05, 4.69) is 15.2 Å². The molecule has 1 aliphatic carbocycles. The number of aryl methyl sites for hydroxylation is 1. The highest BCUT2D eigenvalue weighted by atomic mass is 35.5. The number of halogens is 3. The minimum atomic E-state index is -3.60. The number of nitrogens with zero attached hydrogens (tertiary/aromatic N) is 5. The Hall–Kier alpha value is -2.53. The third-order valence-corrected chi connectivity index (χ3v) is 6.96. The first-order chi connectivity index (χ1) is 13.8. The second-order valence-corrected chi connectivity index (χ2v) is 9.20. The van der Waals surface area contributed by atoms with E-state index in [9.17, 15) is 17.2 Å². The number of anilines is 1. The van der Waals surface area contributed by atoms with Gasteiger partial charge in [0.15, 0.2) is 0 Å². The molecule has 0 saturated heterocycles. The number of hydrogen-bond acceptors (Lipinski definition) is 6. The van der Waals surface area contributed by atoms with Gasteiger partial charge in [-0.05, 0) is 31.0 Å². The van der Waals surface area contributed by atoms with Crippen LogP contribution in [-0.4, -0.2) is 33.4 Å². The van der Waals surface area contributed by atoms with Crippen molar-refractivity contribution in [3.8, 4) is 11.6 Å². The summed E-state index contributed by atoms with van der Waals surface area (Å²) in [4.78, 5) is 4.32. The molecule has 0 bridgehead atoms. The Bertz CT molecular complexity index is 1140. The van der Waals surface area contributed by atoms with E-state index >= 15 is 0 Å². The number of rotatable bonds is 7. The topological polar surface area (TPSA) is 94.1 Å². The van der Waals surface area contributed by atoms with Crippen molar-refractivity contribution in [2.45, 2.75) is 31.1 Å². The summed E-state index contributed by atoms with van der Waals surface area (Å²) < 4.78 is 59.1. The Morgan fingerprint density at radius 2 is 2.10 bits per heavy atom. The van der Waals surface area contributed by atoms with Crippen molar-refractivity contribution in [3.05, 3.63) is 47.2 Å². The summed E-state index contributed by atoms with van der Waals surface area (Å²) in [6.45, 7) is -0.0640. The van der Waals surface area contributed by atoms with Crippen molar-refractivity contribution >= 4 is 27.3 Å². The van der Waals surface area contributed by atoms with Crippen LogP contribution in [-0.2, 0) is 23.6 Å². The Labute approximate surface area is 170 Å². The molecule has 1 aliphatic rings. The van der Waals surface area contributed by atoms with Gasteiger partial charge in [-0.1, -0.05) is 17.7 Å². The Balaban J connectivity index is 1.68. The summed E-state index contributed by atoms with van der Waals surface area (Å²) in [5.74, 6) is -0.591. The third-order valence-electron chi connectivity index (χ3n) is 4.45. The van der Waals surface area contributed by atoms with Crippen molar-refractivity contribution < 1.29 is 21.6 Å². The molecule has 0 radical (unpaired) electrons. The molecule has 2 heterocycles. The van der Waals surface area contributed by atoms with Crippen LogP contribution in [0.1, 0.15) is 31.0 Å². The molecule has 1 saturated carbocycles. The van der Waals surface area contributed by atoms with Crippen LogP contribution in [0.15, 0.2) is 34.9 Å². The molecule has 0 unspecified atom stereocenters. The molecule has 29 heavy (non-hydrogen) atoms. The second-order valence-electron chi connectivity index (χ2n) is 6.63. The van der Waals surface area contributed by atoms with Crippen molar-refractivity contribution in [2.24, 2.45) is 7.05 Å². The van der Waals surface area contributed by atoms with E-state index in [1.807, 2.05) is 0 Å². The fourth-order valence-electron chi connectivity index (χ4n) is 2.81. The number of sulfonamides is 1. The monoisotopic (exact) mass is 443 g/mol. The van der Waals surface area contributed by atoms with Crippen molar-refractivity contribution in [2.75, 3.05) is 4.31 Å². The van der Waals surface area contributed by atoms with Gasteiger partial charge < -0.3 is 8.98 Å². The minimum absolute atomic E-state index is 0.0640. The smallest absolute Gasteiger partial charge is 0.314 e. The maximum absolute atomic E-state index is 13.0. The predicted molar refractivity (Wildman–Crippen MR) is 101 cm³/mol. The first-order valence-corrected chi connectivity index (χ1v) is 10.5. The Kier molecular flexibility index (Phi) is 5.03. The summed E-state index contributed by atoms with van der Waals surface area (Å²) in [5, 5.41) is 6.83. The predicted octanol–water partition coefficient (Wildman–Crippen LogP) is 3.56. The van der Waals surface area contributed by atoms with Crippen molar-refractivity contribution in [1.29, 1.82) is 0 Å². The minimum Gasteiger partial charge on any atom is -0.414 e. The summed E-state index contributed by atoms with van der Waals surface area (Å²) in [6.07, 6.45) is -0.174. The van der Waals surface area contributed by atoms with Gasteiger partial charge in [0, 0.05) is 18.3 Å². The summed E-state index contributed by atoms with van der Waals surface area (Å²) in [7, 11) is -1.94. The molecule has 8 nitrogen and oxygen atoms in total. The zero-order valence-corrected chi connectivity index (χ0v) is 16.7. The highest BCUT2D eigenvalue weighted by Crippen LogP contribution is 2.35. The lowest BCUT2D eigenvalue weighted by Crippen LogP contribution is -2.34. The molecule has 0 aliphatic heterocycles. The molecule has 1 fully saturated rings. The molecule has 0 amide bonds. The number of hydrogen-bond donors (Lipinski definition) is 0. The van der Waals surface area contributed by atoms with Gasteiger partial charge in [-0.15, -0.1) is 10.2 Å². The van der Waals surface area contributed by atoms with E-state index in [-0.39, 0.29) is 18.1 Å². The van der Waals surface area contributed by atoms with E-state index in [1.165, 1.54) is 10.5 Å². The van der Waals surface area contributed by atoms with Crippen LogP contribution in [0.25, 0.3) is 11.6 Å². The van der Waals surface area contributed by atoms with E-state index in [1.54, 1.807) is 35.9 Å². The van der Waals surface area contributed by atoms with Crippen LogP contribution in [0.3, 0.4) is 0 Å². The van der Waals surface area contributed by atoms with Gasteiger partial charge in [-0.2, -0.15) is 8.78 Å². The lowest BCUT2D eigenvalue weighted by atomic mass is 10.3. The molecule has 4 rings (SSSR count). The van der Waals surface area contributed by atoms with Gasteiger partial charge in [0.2, 0.25) is 10.0 Å². The summed E-state index contributed by atoms with van der Waals surface area (Å²) in [5.41, 5.74) is 0.600. The molecular weight excluding hydrogens is 428 g/mol. The molecule has 0 atom stereocenters. The van der Waals surface area contributed by atoms with Crippen molar-refractivity contribution in [3.63, 3.8) is 0 Å². The zero-order valence-electron chi connectivity index (χ0n) is 15.2. The molecule has 3 aromatic rings. The Morgan fingerprint density at radius 1 is 1.34 bits per heavy atom. The fourth-order valence-corrected chi connectivity index (χ4v) is 4.79. The maximum atomic E-state index is 13.0. The van der Waals surface area contributed by atoms with Crippen LogP contribution < -0.4 is 4.31 Å². The lowest BCUT2D eigenvalue weighted by molar-refractivity contribution is 0.116. The number of imidazole rings is 1. The van der Waals surface area contributed by atoms with Crippen LogP contribution in [0, 0.1) is 0 Å². The van der Waals surface area contributed by atoms with Crippen LogP contribution in [0.2, 0.25) is 5.02 Å². The van der Waals surface area contributed by atoms with Gasteiger partial charge in [-0.25, -0.2) is 13.4 Å². The largest absolute Gasteiger partial charge is 0.414 e. The van der Waals surface area contributed by atoms with Crippen molar-refractivity contribution in [1.82, 2.24) is 19.7 Å². The highest BCUT2D eigenvalue weighted by molar-refractivity contribution is 7.93. The van der Waals surface area contributed by atoms with Crippen LogP contribution >= 0.6 is 11.6 Å². The highest BCUT2D eigenvalue weighted by Gasteiger charge is 2.41. The Morgan fingerprint density at radius 3 is 2.72 bits per heavy atom. The molecular formula is C17H16ClF2N5O3S. The normalized spacial score (nSPS) is 14.5. The number of benzene rings is 1. The SMILES string of the molecule is Cn1cc(-c2nnc(C(F)F)o2)nc1CN(c1cccc(Cl)c1)S(=O)(=O)C1CC1. The van der Waals surface area contributed by atoms with E-state index in [0.29, 0.717) is 29.4 Å². The standard InChI is InChI=1S/C17H16ClF2N5O3S/c1-24-8-13(16-22-23-17(28-16)15(19)20)21-14(24)9-25(29(26,27)12-5-6-12)11-4-2-3-10(18)7-11/h2-4,7-8,12,15H,5-6,9H2,1H3. The average molecular weight is 444 g/mol. The molecule has 0 spiro atoms. The van der Waals surface area contributed by atoms with Crippen LogP contribution in [0.5, 0.6) is 0 Å². The first kappa shape index (κ1) is 19.8. The second kappa shape index (κ2) is 7.38. The molecule has 154 valence electrons. The van der Waals surface area contributed by atoms with E-state index in [4.69, 9.17) is 16.0 Å². The van der Waals surface area contributed by atoms with Gasteiger partial charge in [-0.3, -0.25) is 4.31 Å². The van der Waals surface area contributed by atoms with E-state index < -0.39 is 27.6 Å². The zero-order chi connectivity index (χ0) is 20.8. The number of alkyl halides is 2. The first-order valence-electron chi connectivity index (χ1n) is 8.67. The third kappa shape index (κ3) is 3.97. The summed E-state index contributed by atoms with van der Waals surface area (Å²) in [6, 6.07) is 6.55. The average Bonchev–Trinajstić information content (AvgIpc) is 3.30. The summed E-state index contributed by atoms with van der Waals surface area (Å²) >= 11 is 6.05. The van der Waals surface area contributed by atoms with Crippen LogP contribution in [0.4, 0.5) is 14.5 Å². The molecule has 1 aromatic carbocycles. The maximum Gasteiger partial charge on any atom is 0.314 e. The van der Waals surface area contributed by atoms with Gasteiger partial charge >= 0.3 is 6.43 Å². The number of aromatic nitrogens is 4. The molecule has 12 heteroatoms. The quantitative estimate of drug-likeness (QED) is 0.554. The fraction of sp³-hybridized carbons (Fsp3) is 0.353. The van der Waals surface area contributed by atoms with E-state index in [0.717, 1.165) is 0 Å². The van der Waals surface area contributed by atoms with Gasteiger partial charge in [0.05, 0.1) is 17.5 Å². The van der Waals surface area contributed by atoms with Gasteiger partial charge in [0.25, 0.3) is 11.8 Å². The molecule has 0 N–H and O–H groups in total. The lowest BCUT2D eigenvalue weighted by Gasteiger charge is -2.24.